The molecule has 0 saturated carbocycles. The van der Waals surface area contributed by atoms with Crippen molar-refractivity contribution in [2.45, 2.75) is 0 Å². The van der Waals surface area contributed by atoms with E-state index in [1.807, 2.05) is 6.07 Å². The minimum Gasteiger partial charge on any atom is -0.311 e. The van der Waals surface area contributed by atoms with Crippen LogP contribution in [0.15, 0.2) is 219 Å². The number of fused-ring (bicyclic) bond motifs is 5. The van der Waals surface area contributed by atoms with Crippen LogP contribution in [0.3, 0.4) is 0 Å². The zero-order chi connectivity index (χ0) is 37.7. The van der Waals surface area contributed by atoms with Gasteiger partial charge in [0.25, 0.3) is 0 Å². The van der Waals surface area contributed by atoms with Crippen molar-refractivity contribution in [2.75, 3.05) is 4.90 Å². The molecule has 268 valence electrons. The lowest BCUT2D eigenvalue weighted by Crippen LogP contribution is -2.09. The monoisotopic (exact) mass is 728 g/mol. The van der Waals surface area contributed by atoms with Crippen LogP contribution in [0.2, 0.25) is 0 Å². The molecule has 0 unspecified atom stereocenters. The number of hydrogen-bond acceptors (Lipinski definition) is 2. The maximum Gasteiger partial charge on any atom is 0.137 e. The standard InChI is InChI=1S/C53H36N4/c1-3-13-40(14-4-1)53-52(54-51-21-11-12-34-55(51)53)39-26-32-45(33-27-39)56(43-17-5-2-6-18-43)44-28-22-37(23-29-44)38-24-30-46(31-25-38)57-49-20-10-9-19-47(49)48-35-41-15-7-8-16-42(41)36-50(48)57/h1-36H. The van der Waals surface area contributed by atoms with Crippen molar-refractivity contribution in [1.29, 1.82) is 0 Å². The highest BCUT2D eigenvalue weighted by Crippen LogP contribution is 2.39. The van der Waals surface area contributed by atoms with Crippen LogP contribution in [0.25, 0.3) is 77.6 Å². The van der Waals surface area contributed by atoms with Crippen molar-refractivity contribution < 1.29 is 0 Å². The summed E-state index contributed by atoms with van der Waals surface area (Å²) in [6.45, 7) is 0. The lowest BCUT2D eigenvalue weighted by atomic mass is 10.0. The van der Waals surface area contributed by atoms with E-state index < -0.39 is 0 Å². The molecule has 0 aliphatic carbocycles. The highest BCUT2D eigenvalue weighted by Gasteiger charge is 2.18. The first-order valence-electron chi connectivity index (χ1n) is 19.4. The number of nitrogens with zero attached hydrogens (tertiary/aromatic N) is 4. The molecule has 4 heteroatoms. The first kappa shape index (κ1) is 32.7. The molecule has 0 aliphatic heterocycles. The summed E-state index contributed by atoms with van der Waals surface area (Å²) in [5.74, 6) is 0. The third-order valence-electron chi connectivity index (χ3n) is 11.1. The van der Waals surface area contributed by atoms with Crippen LogP contribution in [0.4, 0.5) is 17.1 Å². The Bertz CT molecular complexity index is 3200. The van der Waals surface area contributed by atoms with E-state index in [9.17, 15) is 0 Å². The molecule has 0 bridgehead atoms. The Kier molecular flexibility index (Phi) is 7.78. The highest BCUT2D eigenvalue weighted by atomic mass is 15.1. The van der Waals surface area contributed by atoms with Gasteiger partial charge in [-0.15, -0.1) is 0 Å². The van der Waals surface area contributed by atoms with E-state index in [4.69, 9.17) is 4.98 Å². The molecule has 0 saturated heterocycles. The summed E-state index contributed by atoms with van der Waals surface area (Å²) in [5, 5.41) is 5.04. The molecule has 57 heavy (non-hydrogen) atoms. The van der Waals surface area contributed by atoms with Gasteiger partial charge in [-0.2, -0.15) is 0 Å². The van der Waals surface area contributed by atoms with Gasteiger partial charge in [-0.25, -0.2) is 4.98 Å². The average Bonchev–Trinajstić information content (AvgIpc) is 3.83. The molecule has 8 aromatic carbocycles. The third kappa shape index (κ3) is 5.66. The maximum absolute atomic E-state index is 5.09. The van der Waals surface area contributed by atoms with Gasteiger partial charge in [-0.05, 0) is 101 Å². The Balaban J connectivity index is 0.931. The number of rotatable bonds is 7. The molecule has 11 aromatic rings. The average molecular weight is 729 g/mol. The molecule has 0 radical (unpaired) electrons. The molecule has 0 amide bonds. The van der Waals surface area contributed by atoms with Crippen molar-refractivity contribution in [3.8, 4) is 39.3 Å². The summed E-state index contributed by atoms with van der Waals surface area (Å²) in [7, 11) is 0. The molecule has 0 spiro atoms. The van der Waals surface area contributed by atoms with Gasteiger partial charge in [0.1, 0.15) is 5.65 Å². The van der Waals surface area contributed by atoms with Gasteiger partial charge in [0, 0.05) is 50.8 Å². The van der Waals surface area contributed by atoms with Crippen LogP contribution >= 0.6 is 0 Å². The van der Waals surface area contributed by atoms with Crippen molar-refractivity contribution in [2.24, 2.45) is 0 Å². The van der Waals surface area contributed by atoms with Crippen LogP contribution in [-0.2, 0) is 0 Å². The van der Waals surface area contributed by atoms with Crippen LogP contribution in [0.1, 0.15) is 0 Å². The Hall–Kier alpha value is -7.69. The lowest BCUT2D eigenvalue weighted by Gasteiger charge is -2.26. The SMILES string of the molecule is c1ccc(-c2c(-c3ccc(N(c4ccccc4)c4ccc(-c5ccc(-n6c7ccccc7c7cc8ccccc8cc76)cc5)cc4)cc3)nc3ccccn23)cc1. The van der Waals surface area contributed by atoms with Crippen LogP contribution in [-0.4, -0.2) is 14.0 Å². The molecule has 0 aliphatic rings. The summed E-state index contributed by atoms with van der Waals surface area (Å²) < 4.78 is 4.57. The zero-order valence-corrected chi connectivity index (χ0v) is 31.1. The number of benzene rings is 8. The molecular weight excluding hydrogens is 693 g/mol. The van der Waals surface area contributed by atoms with Gasteiger partial charge in [-0.1, -0.05) is 133 Å². The molecule has 0 atom stereocenters. The van der Waals surface area contributed by atoms with Gasteiger partial charge in [0.15, 0.2) is 0 Å². The van der Waals surface area contributed by atoms with E-state index >= 15 is 0 Å². The smallest absolute Gasteiger partial charge is 0.137 e. The van der Waals surface area contributed by atoms with Gasteiger partial charge in [-0.3, -0.25) is 4.40 Å². The van der Waals surface area contributed by atoms with Crippen LogP contribution in [0, 0.1) is 0 Å². The van der Waals surface area contributed by atoms with Gasteiger partial charge < -0.3 is 9.47 Å². The van der Waals surface area contributed by atoms with Crippen molar-refractivity contribution >= 4 is 55.3 Å². The fourth-order valence-electron chi connectivity index (χ4n) is 8.40. The normalized spacial score (nSPS) is 11.5. The van der Waals surface area contributed by atoms with E-state index in [1.54, 1.807) is 0 Å². The van der Waals surface area contributed by atoms with E-state index in [2.05, 4.69) is 226 Å². The minimum atomic E-state index is 0.927. The lowest BCUT2D eigenvalue weighted by molar-refractivity contribution is 1.18. The van der Waals surface area contributed by atoms with Crippen LogP contribution < -0.4 is 4.90 Å². The molecule has 3 aromatic heterocycles. The van der Waals surface area contributed by atoms with E-state index in [-0.39, 0.29) is 0 Å². The van der Waals surface area contributed by atoms with Crippen LogP contribution in [0.5, 0.6) is 0 Å². The largest absolute Gasteiger partial charge is 0.311 e. The first-order valence-corrected chi connectivity index (χ1v) is 19.4. The Morgan fingerprint density at radius 1 is 0.386 bits per heavy atom. The molecule has 4 nitrogen and oxygen atoms in total. The fraction of sp³-hybridized carbons (Fsp3) is 0. The summed E-state index contributed by atoms with van der Waals surface area (Å²) in [4.78, 5) is 7.40. The summed E-state index contributed by atoms with van der Waals surface area (Å²) in [6, 6.07) is 75.9. The topological polar surface area (TPSA) is 25.5 Å². The van der Waals surface area contributed by atoms with Gasteiger partial charge in [0.05, 0.1) is 22.4 Å². The Labute approximate surface area is 330 Å². The Morgan fingerprint density at radius 2 is 0.947 bits per heavy atom. The number of hydrogen-bond donors (Lipinski definition) is 0. The number of para-hydroxylation sites is 2. The van der Waals surface area contributed by atoms with Crippen molar-refractivity contribution in [3.05, 3.63) is 219 Å². The Morgan fingerprint density at radius 3 is 1.67 bits per heavy atom. The fourth-order valence-corrected chi connectivity index (χ4v) is 8.40. The number of aromatic nitrogens is 3. The second-order valence-electron chi connectivity index (χ2n) is 14.5. The summed E-state index contributed by atoms with van der Waals surface area (Å²) in [5.41, 5.74) is 14.4. The van der Waals surface area contributed by atoms with Crippen molar-refractivity contribution in [1.82, 2.24) is 14.0 Å². The van der Waals surface area contributed by atoms with E-state index in [0.29, 0.717) is 0 Å². The second-order valence-corrected chi connectivity index (χ2v) is 14.5. The first-order chi connectivity index (χ1) is 28.3. The maximum atomic E-state index is 5.09. The molecular formula is C53H36N4. The van der Waals surface area contributed by atoms with Crippen molar-refractivity contribution in [3.63, 3.8) is 0 Å². The third-order valence-corrected chi connectivity index (χ3v) is 11.1. The molecule has 0 N–H and O–H groups in total. The predicted octanol–water partition coefficient (Wildman–Crippen LogP) is 14.1. The minimum absolute atomic E-state index is 0.927. The zero-order valence-electron chi connectivity index (χ0n) is 31.1. The summed E-state index contributed by atoms with van der Waals surface area (Å²) >= 11 is 0. The number of anilines is 3. The van der Waals surface area contributed by atoms with Gasteiger partial charge in [0.2, 0.25) is 0 Å². The second kappa shape index (κ2) is 13.6. The predicted molar refractivity (Wildman–Crippen MR) is 238 cm³/mol. The molecule has 0 fully saturated rings. The summed E-state index contributed by atoms with van der Waals surface area (Å²) in [6.07, 6.45) is 2.09. The highest BCUT2D eigenvalue weighted by molar-refractivity contribution is 6.13. The van der Waals surface area contributed by atoms with E-state index in [1.165, 1.54) is 43.7 Å². The molecule has 3 heterocycles. The van der Waals surface area contributed by atoms with Gasteiger partial charge >= 0.3 is 0 Å². The van der Waals surface area contributed by atoms with E-state index in [0.717, 1.165) is 50.9 Å². The number of pyridine rings is 1. The molecule has 11 rings (SSSR count). The quantitative estimate of drug-likeness (QED) is 0.163. The number of imidazole rings is 1.